The number of hydrogen-bond donors (Lipinski definition) is 4. The van der Waals surface area contributed by atoms with Gasteiger partial charge < -0.3 is 21.3 Å². The maximum atomic E-state index is 3.75. The number of thiophene rings is 6. The molecular weight excluding hydrogens is 1520 g/mol. The molecule has 4 N–H and O–H groups in total. The molecule has 0 saturated heterocycles. The van der Waals surface area contributed by atoms with Crippen LogP contribution in [-0.2, 0) is 0 Å². The van der Waals surface area contributed by atoms with Crippen LogP contribution in [0.2, 0.25) is 0 Å². The van der Waals surface area contributed by atoms with Gasteiger partial charge in [-0.2, -0.15) is 0 Å². The minimum Gasteiger partial charge on any atom is -0.355 e. The summed E-state index contributed by atoms with van der Waals surface area (Å²) in [7, 11) is 0. The summed E-state index contributed by atoms with van der Waals surface area (Å²) in [6.07, 6.45) is 0. The first kappa shape index (κ1) is 70.6. The van der Waals surface area contributed by atoms with Crippen LogP contribution in [0.25, 0.3) is 165 Å². The molecule has 0 amide bonds. The third kappa shape index (κ3) is 14.0. The highest BCUT2D eigenvalue weighted by atomic mass is 32.1. The van der Waals surface area contributed by atoms with Crippen molar-refractivity contribution in [1.29, 1.82) is 0 Å². The van der Waals surface area contributed by atoms with Gasteiger partial charge in [-0.25, -0.2) is 0 Å². The minimum absolute atomic E-state index is 1.09. The van der Waals surface area contributed by atoms with Gasteiger partial charge in [-0.1, -0.05) is 261 Å². The largest absolute Gasteiger partial charge is 0.355 e. The van der Waals surface area contributed by atoms with Gasteiger partial charge in [0.1, 0.15) is 0 Å². The molecule has 116 heavy (non-hydrogen) atoms. The van der Waals surface area contributed by atoms with Gasteiger partial charge in [0.05, 0.1) is 20.8 Å². The van der Waals surface area contributed by atoms with Crippen molar-refractivity contribution in [3.05, 3.63) is 400 Å². The smallest absolute Gasteiger partial charge is 0.0590 e. The zero-order valence-electron chi connectivity index (χ0n) is 62.6. The Morgan fingerprint density at radius 3 is 1.03 bits per heavy atom. The molecule has 0 aliphatic carbocycles. The van der Waals surface area contributed by atoms with Crippen molar-refractivity contribution in [3.8, 4) is 33.4 Å². The highest BCUT2D eigenvalue weighted by Crippen LogP contribution is 2.46. The first-order chi connectivity index (χ1) is 57.4. The van der Waals surface area contributed by atoms with E-state index in [2.05, 4.69) is 422 Å². The van der Waals surface area contributed by atoms with Crippen molar-refractivity contribution < 1.29 is 0 Å². The van der Waals surface area contributed by atoms with E-state index in [-0.39, 0.29) is 0 Å². The first-order valence-electron chi connectivity index (χ1n) is 38.8. The van der Waals surface area contributed by atoms with Gasteiger partial charge in [0, 0.05) is 146 Å². The van der Waals surface area contributed by atoms with Gasteiger partial charge in [0.15, 0.2) is 0 Å². The zero-order valence-corrected chi connectivity index (χ0v) is 67.5. The van der Waals surface area contributed by atoms with E-state index in [9.17, 15) is 0 Å². The average molecular weight is 1590 g/mol. The SMILES string of the molecule is c1ccc(-c2cc(Nc3cccc4sc5ccccc5c34)cc(-c3ccccc3)c2)cc1.c1ccc(-c2ccc3cc(Nc4ccc5sc6ccccc6c5c4)ccc3c2)cc1.c1ccc2c(c1)sc1c(Nc3cccc4c3sc3ccccc34)cccc12.c1ccc2c(c1)sc1cc(Nc3ccc4c(c3)sc3ccccc34)ccc12. The molecule has 6 aromatic heterocycles. The summed E-state index contributed by atoms with van der Waals surface area (Å²) in [5.74, 6) is 0. The molecule has 0 aliphatic heterocycles. The lowest BCUT2D eigenvalue weighted by atomic mass is 9.98. The third-order valence-corrected chi connectivity index (χ3v) is 28.6. The maximum absolute atomic E-state index is 3.75. The summed E-state index contributed by atoms with van der Waals surface area (Å²) in [6, 6.07) is 143. The molecule has 6 heterocycles. The molecule has 0 unspecified atom stereocenters. The normalized spacial score (nSPS) is 11.4. The van der Waals surface area contributed by atoms with Crippen LogP contribution in [0.3, 0.4) is 0 Å². The van der Waals surface area contributed by atoms with Gasteiger partial charge in [0.25, 0.3) is 0 Å². The second-order valence-electron chi connectivity index (χ2n) is 28.9. The van der Waals surface area contributed by atoms with Gasteiger partial charge in [0.2, 0.25) is 0 Å². The van der Waals surface area contributed by atoms with E-state index < -0.39 is 0 Å². The van der Waals surface area contributed by atoms with Crippen molar-refractivity contribution in [2.75, 3.05) is 21.3 Å². The van der Waals surface area contributed by atoms with E-state index in [0.29, 0.717) is 0 Å². The van der Waals surface area contributed by atoms with E-state index in [1.807, 2.05) is 68.0 Å². The number of fused-ring (bicyclic) bond motifs is 19. The van der Waals surface area contributed by atoms with Gasteiger partial charge in [-0.05, 0) is 184 Å². The Morgan fingerprint density at radius 2 is 0.491 bits per heavy atom. The van der Waals surface area contributed by atoms with Crippen molar-refractivity contribution >= 4 is 245 Å². The topological polar surface area (TPSA) is 48.1 Å². The molecule has 18 aromatic carbocycles. The molecule has 10 heteroatoms. The summed E-state index contributed by atoms with van der Waals surface area (Å²) in [5.41, 5.74) is 16.4. The molecule has 0 saturated carbocycles. The lowest BCUT2D eigenvalue weighted by Gasteiger charge is -2.14. The second-order valence-corrected chi connectivity index (χ2v) is 35.4. The minimum atomic E-state index is 1.09. The molecule has 0 spiro atoms. The highest BCUT2D eigenvalue weighted by Gasteiger charge is 2.17. The molecule has 550 valence electrons. The Morgan fingerprint density at radius 1 is 0.147 bits per heavy atom. The van der Waals surface area contributed by atoms with Gasteiger partial charge in [-0.15, -0.1) is 68.0 Å². The average Bonchev–Trinajstić information content (AvgIpc) is 1.58. The highest BCUT2D eigenvalue weighted by molar-refractivity contribution is 7.28. The van der Waals surface area contributed by atoms with E-state index in [0.717, 1.165) is 34.1 Å². The van der Waals surface area contributed by atoms with Crippen LogP contribution < -0.4 is 21.3 Å². The fourth-order valence-corrected chi connectivity index (χ4v) is 22.9. The lowest BCUT2D eigenvalue weighted by Crippen LogP contribution is -1.93. The zero-order chi connectivity index (χ0) is 76.8. The number of nitrogens with one attached hydrogen (secondary N) is 4. The number of benzene rings is 18. The predicted octanol–water partition coefficient (Wildman–Crippen LogP) is 34.1. The van der Waals surface area contributed by atoms with E-state index >= 15 is 0 Å². The fourth-order valence-electron chi connectivity index (χ4n) is 16.0. The summed E-state index contributed by atoms with van der Waals surface area (Å²) in [4.78, 5) is 0. The molecular formula is C106H70N4S6. The molecule has 24 rings (SSSR count). The monoisotopic (exact) mass is 1590 g/mol. The number of hydrogen-bond acceptors (Lipinski definition) is 10. The molecule has 0 bridgehead atoms. The van der Waals surface area contributed by atoms with E-state index in [1.165, 1.54) is 177 Å². The van der Waals surface area contributed by atoms with E-state index in [4.69, 9.17) is 0 Å². The van der Waals surface area contributed by atoms with Crippen LogP contribution in [0, 0.1) is 0 Å². The molecule has 4 nitrogen and oxygen atoms in total. The first-order valence-corrected chi connectivity index (χ1v) is 43.7. The molecule has 0 fully saturated rings. The molecule has 0 aliphatic rings. The standard InChI is InChI=1S/C30H21NS.C28H19NS.2C24H15NS2/c1-3-10-21(11-4-1)23-18-24(22-12-5-2-6-13-22)20-25(19-23)31-27-15-9-17-29-30(27)26-14-7-8-16-28(26)32-29;1-2-6-19(7-3-1)20-10-11-22-17-23(13-12-21(22)16-20)29-24-14-15-28-26(18-24)25-8-4-5-9-27(25)30-28;1-3-13-21-15(7-1)17-9-5-11-19(23(17)26-21)25-20-12-6-10-18-16-8-2-4-14-22(16)27-24(18)20;1-3-7-21-17(5-1)19-11-9-15(13-23(19)26-21)25-16-10-12-20-18-6-2-4-8-22(18)27-24(20)14-16/h1-20,31H;1-18,29H;2*1-14,25H. The van der Waals surface area contributed by atoms with Crippen LogP contribution in [0.5, 0.6) is 0 Å². The van der Waals surface area contributed by atoms with Gasteiger partial charge in [-0.3, -0.25) is 0 Å². The van der Waals surface area contributed by atoms with Crippen molar-refractivity contribution in [2.45, 2.75) is 0 Å². The number of rotatable bonds is 11. The molecule has 0 radical (unpaired) electrons. The van der Waals surface area contributed by atoms with Crippen LogP contribution in [0.15, 0.2) is 400 Å². The van der Waals surface area contributed by atoms with Crippen LogP contribution in [-0.4, -0.2) is 0 Å². The third-order valence-electron chi connectivity index (χ3n) is 21.6. The second kappa shape index (κ2) is 30.9. The maximum Gasteiger partial charge on any atom is 0.0590 e. The molecule has 24 aromatic rings. The van der Waals surface area contributed by atoms with Crippen molar-refractivity contribution in [1.82, 2.24) is 0 Å². The van der Waals surface area contributed by atoms with Crippen molar-refractivity contribution in [3.63, 3.8) is 0 Å². The lowest BCUT2D eigenvalue weighted by molar-refractivity contribution is 1.55. The van der Waals surface area contributed by atoms with Crippen LogP contribution >= 0.6 is 68.0 Å². The Balaban J connectivity index is 0.0000000968. The predicted molar refractivity (Wildman–Crippen MR) is 516 cm³/mol. The van der Waals surface area contributed by atoms with Gasteiger partial charge >= 0.3 is 0 Å². The number of anilines is 8. The van der Waals surface area contributed by atoms with Crippen molar-refractivity contribution in [2.24, 2.45) is 0 Å². The Kier molecular flexibility index (Phi) is 18.8. The van der Waals surface area contributed by atoms with E-state index in [1.54, 1.807) is 0 Å². The Labute approximate surface area is 694 Å². The van der Waals surface area contributed by atoms with Crippen LogP contribution in [0.1, 0.15) is 0 Å². The fraction of sp³-hybridized carbons (Fsp3) is 0. The molecule has 0 atom stereocenters. The quantitative estimate of drug-likeness (QED) is 0.104. The Bertz CT molecular complexity index is 7520. The summed E-state index contributed by atoms with van der Waals surface area (Å²) >= 11 is 11.1. The summed E-state index contributed by atoms with van der Waals surface area (Å²) < 4.78 is 15.9. The summed E-state index contributed by atoms with van der Waals surface area (Å²) in [6.45, 7) is 0. The Hall–Kier alpha value is -13.3. The summed E-state index contributed by atoms with van der Waals surface area (Å²) in [5, 5.41) is 33.1. The van der Waals surface area contributed by atoms with Crippen LogP contribution in [0.4, 0.5) is 45.5 Å².